The van der Waals surface area contributed by atoms with Crippen molar-refractivity contribution in [3.05, 3.63) is 40.5 Å². The number of halogens is 1. The van der Waals surface area contributed by atoms with E-state index in [1.54, 1.807) is 6.20 Å². The molecular formula is C14H17BrN4. The van der Waals surface area contributed by atoms with Crippen molar-refractivity contribution in [3.8, 4) is 0 Å². The van der Waals surface area contributed by atoms with Gasteiger partial charge in [-0.15, -0.1) is 0 Å². The molecule has 19 heavy (non-hydrogen) atoms. The van der Waals surface area contributed by atoms with Crippen LogP contribution in [0.5, 0.6) is 0 Å². The van der Waals surface area contributed by atoms with Gasteiger partial charge in [0.25, 0.3) is 0 Å². The molecule has 0 spiro atoms. The third-order valence-electron chi connectivity index (χ3n) is 2.64. The van der Waals surface area contributed by atoms with E-state index in [4.69, 9.17) is 0 Å². The van der Waals surface area contributed by atoms with E-state index in [9.17, 15) is 0 Å². The quantitative estimate of drug-likeness (QED) is 0.870. The highest BCUT2D eigenvalue weighted by atomic mass is 79.9. The molecule has 0 amide bonds. The summed E-state index contributed by atoms with van der Waals surface area (Å²) in [6.07, 6.45) is 2.80. The number of hydrogen-bond donors (Lipinski definition) is 2. The number of nitrogens with zero attached hydrogens (tertiary/aromatic N) is 2. The van der Waals surface area contributed by atoms with Crippen molar-refractivity contribution >= 4 is 33.4 Å². The van der Waals surface area contributed by atoms with Gasteiger partial charge < -0.3 is 10.6 Å². The molecule has 0 saturated heterocycles. The fraction of sp³-hybridized carbons (Fsp3) is 0.286. The number of nitrogens with one attached hydrogen (secondary N) is 2. The van der Waals surface area contributed by atoms with Gasteiger partial charge in [-0.1, -0.05) is 22.9 Å². The van der Waals surface area contributed by atoms with Crippen LogP contribution in [0.3, 0.4) is 0 Å². The molecule has 0 aliphatic rings. The Bertz CT molecular complexity index is 557. The van der Waals surface area contributed by atoms with Crippen molar-refractivity contribution in [1.29, 1.82) is 0 Å². The minimum atomic E-state index is 0.654. The summed E-state index contributed by atoms with van der Waals surface area (Å²) in [4.78, 5) is 8.61. The second-order valence-corrected chi connectivity index (χ2v) is 5.19. The molecule has 0 aliphatic carbocycles. The Labute approximate surface area is 121 Å². The van der Waals surface area contributed by atoms with E-state index < -0.39 is 0 Å². The number of aromatic nitrogens is 2. The minimum Gasteiger partial charge on any atom is -0.354 e. The smallest absolute Gasteiger partial charge is 0.224 e. The molecule has 1 aromatic heterocycles. The lowest BCUT2D eigenvalue weighted by Crippen LogP contribution is -2.05. The fourth-order valence-electron chi connectivity index (χ4n) is 1.66. The van der Waals surface area contributed by atoms with Crippen LogP contribution in [-0.2, 0) is 0 Å². The molecule has 5 heteroatoms. The number of aryl methyl sites for hydroxylation is 1. The van der Waals surface area contributed by atoms with E-state index in [0.717, 1.165) is 34.5 Å². The first-order valence-electron chi connectivity index (χ1n) is 6.29. The van der Waals surface area contributed by atoms with Crippen LogP contribution in [0.15, 0.2) is 34.9 Å². The van der Waals surface area contributed by atoms with Crippen molar-refractivity contribution in [2.75, 3.05) is 17.2 Å². The fourth-order valence-corrected chi connectivity index (χ4v) is 2.13. The third-order valence-corrected chi connectivity index (χ3v) is 3.13. The summed E-state index contributed by atoms with van der Waals surface area (Å²) in [7, 11) is 0. The Morgan fingerprint density at radius 2 is 2.11 bits per heavy atom. The van der Waals surface area contributed by atoms with Crippen LogP contribution in [0.25, 0.3) is 0 Å². The maximum atomic E-state index is 4.42. The second-order valence-electron chi connectivity index (χ2n) is 4.28. The third kappa shape index (κ3) is 3.92. The first-order chi connectivity index (χ1) is 9.19. The highest BCUT2D eigenvalue weighted by Gasteiger charge is 2.02. The van der Waals surface area contributed by atoms with Crippen LogP contribution in [0, 0.1) is 6.92 Å². The van der Waals surface area contributed by atoms with E-state index in [-0.39, 0.29) is 0 Å². The molecule has 0 bridgehead atoms. The minimum absolute atomic E-state index is 0.654. The van der Waals surface area contributed by atoms with E-state index >= 15 is 0 Å². The monoisotopic (exact) mass is 320 g/mol. The Kier molecular flexibility index (Phi) is 4.74. The lowest BCUT2D eigenvalue weighted by atomic mass is 10.2. The lowest BCUT2D eigenvalue weighted by molar-refractivity contribution is 0.953. The largest absolute Gasteiger partial charge is 0.354 e. The van der Waals surface area contributed by atoms with E-state index in [1.165, 1.54) is 0 Å². The van der Waals surface area contributed by atoms with Crippen molar-refractivity contribution < 1.29 is 0 Å². The number of anilines is 3. The maximum absolute atomic E-state index is 4.42. The molecule has 2 aromatic rings. The van der Waals surface area contributed by atoms with Gasteiger partial charge >= 0.3 is 0 Å². The van der Waals surface area contributed by atoms with Crippen molar-refractivity contribution in [2.24, 2.45) is 0 Å². The molecule has 0 fully saturated rings. The molecule has 0 saturated carbocycles. The Balaban J connectivity index is 2.14. The number of benzene rings is 1. The maximum Gasteiger partial charge on any atom is 0.224 e. The van der Waals surface area contributed by atoms with Gasteiger partial charge in [0.05, 0.1) is 0 Å². The molecule has 4 nitrogen and oxygen atoms in total. The predicted octanol–water partition coefficient (Wildman–Crippen LogP) is 4.11. The summed E-state index contributed by atoms with van der Waals surface area (Å²) < 4.78 is 1.07. The molecule has 2 N–H and O–H groups in total. The van der Waals surface area contributed by atoms with Gasteiger partial charge in [-0.05, 0) is 43.2 Å². The zero-order valence-corrected chi connectivity index (χ0v) is 12.7. The molecule has 0 atom stereocenters. The normalized spacial score (nSPS) is 10.3. The van der Waals surface area contributed by atoms with Crippen LogP contribution < -0.4 is 10.6 Å². The molecule has 2 rings (SSSR count). The summed E-state index contributed by atoms with van der Waals surface area (Å²) in [5.41, 5.74) is 2.21. The van der Waals surface area contributed by atoms with Crippen molar-refractivity contribution in [3.63, 3.8) is 0 Å². The second kappa shape index (κ2) is 6.52. The molecule has 100 valence electrons. The highest BCUT2D eigenvalue weighted by molar-refractivity contribution is 9.10. The first kappa shape index (κ1) is 13.8. The SMILES string of the molecule is CCCNc1nccc(Nc2ccc(Br)cc2C)n1. The number of rotatable bonds is 5. The van der Waals surface area contributed by atoms with Gasteiger partial charge in [-0.25, -0.2) is 4.98 Å². The Morgan fingerprint density at radius 1 is 1.26 bits per heavy atom. The molecule has 0 radical (unpaired) electrons. The van der Waals surface area contributed by atoms with Crippen LogP contribution in [0.1, 0.15) is 18.9 Å². The number of hydrogen-bond acceptors (Lipinski definition) is 4. The van der Waals surface area contributed by atoms with E-state index in [2.05, 4.69) is 56.4 Å². The van der Waals surface area contributed by atoms with Gasteiger partial charge in [0.2, 0.25) is 5.95 Å². The molecular weight excluding hydrogens is 304 g/mol. The summed E-state index contributed by atoms with van der Waals surface area (Å²) >= 11 is 3.46. The van der Waals surface area contributed by atoms with E-state index in [0.29, 0.717) is 5.95 Å². The van der Waals surface area contributed by atoms with Crippen LogP contribution in [0.2, 0.25) is 0 Å². The zero-order chi connectivity index (χ0) is 13.7. The van der Waals surface area contributed by atoms with Gasteiger partial charge in [-0.2, -0.15) is 4.98 Å². The van der Waals surface area contributed by atoms with Crippen LogP contribution in [0.4, 0.5) is 17.5 Å². The van der Waals surface area contributed by atoms with Gasteiger partial charge in [0.1, 0.15) is 5.82 Å². The summed E-state index contributed by atoms with van der Waals surface area (Å²) in [5.74, 6) is 1.45. The molecule has 0 aliphatic heterocycles. The Hall–Kier alpha value is -1.62. The standard InChI is InChI=1S/C14H17BrN4/c1-3-7-16-14-17-8-6-13(19-14)18-12-5-4-11(15)9-10(12)2/h4-6,8-9H,3,7H2,1-2H3,(H2,16,17,18,19). The van der Waals surface area contributed by atoms with E-state index in [1.807, 2.05) is 18.2 Å². The van der Waals surface area contributed by atoms with Gasteiger partial charge in [-0.3, -0.25) is 0 Å². The topological polar surface area (TPSA) is 49.8 Å². The average molecular weight is 321 g/mol. The summed E-state index contributed by atoms with van der Waals surface area (Å²) in [6, 6.07) is 7.96. The molecule has 1 heterocycles. The first-order valence-corrected chi connectivity index (χ1v) is 7.08. The summed E-state index contributed by atoms with van der Waals surface area (Å²) in [6.45, 7) is 5.05. The summed E-state index contributed by atoms with van der Waals surface area (Å²) in [5, 5.41) is 6.48. The van der Waals surface area contributed by atoms with Crippen molar-refractivity contribution in [2.45, 2.75) is 20.3 Å². The van der Waals surface area contributed by atoms with Crippen LogP contribution >= 0.6 is 15.9 Å². The average Bonchev–Trinajstić information content (AvgIpc) is 2.40. The zero-order valence-electron chi connectivity index (χ0n) is 11.1. The molecule has 1 aromatic carbocycles. The van der Waals surface area contributed by atoms with Gasteiger partial charge in [0.15, 0.2) is 0 Å². The lowest BCUT2D eigenvalue weighted by Gasteiger charge is -2.10. The molecule has 0 unspecified atom stereocenters. The van der Waals surface area contributed by atoms with Crippen LogP contribution in [-0.4, -0.2) is 16.5 Å². The van der Waals surface area contributed by atoms with Crippen molar-refractivity contribution in [1.82, 2.24) is 9.97 Å². The van der Waals surface area contributed by atoms with Gasteiger partial charge in [0, 0.05) is 22.9 Å². The predicted molar refractivity (Wildman–Crippen MR) is 83.0 cm³/mol. The highest BCUT2D eigenvalue weighted by Crippen LogP contribution is 2.23. The Morgan fingerprint density at radius 3 is 2.84 bits per heavy atom.